The van der Waals surface area contributed by atoms with E-state index in [2.05, 4.69) is 333 Å². The molecule has 12 atom stereocenters. The average molecular weight is 1360 g/mol. The van der Waals surface area contributed by atoms with Gasteiger partial charge in [0.1, 0.15) is 0 Å². The van der Waals surface area contributed by atoms with Crippen LogP contribution < -0.4 is 19.6 Å². The van der Waals surface area contributed by atoms with E-state index in [1.165, 1.54) is 170 Å². The number of rotatable bonds is 8. The third-order valence-corrected chi connectivity index (χ3v) is 30.8. The molecule has 4 heteroatoms. The minimum Gasteiger partial charge on any atom is -0.334 e. The van der Waals surface area contributed by atoms with Crippen molar-refractivity contribution in [2.24, 2.45) is 23.7 Å². The monoisotopic (exact) mass is 1360 g/mol. The topological polar surface area (TPSA) is 13.0 Å². The molecular formula is C100H102N4. The Morgan fingerprint density at radius 2 is 0.462 bits per heavy atom. The van der Waals surface area contributed by atoms with Crippen molar-refractivity contribution in [2.75, 3.05) is 19.6 Å². The number of anilines is 8. The molecule has 104 heavy (non-hydrogen) atoms. The first kappa shape index (κ1) is 64.5. The van der Waals surface area contributed by atoms with Crippen molar-refractivity contribution in [3.05, 3.63) is 253 Å². The molecule has 0 N–H and O–H groups in total. The highest BCUT2D eigenvalue weighted by Crippen LogP contribution is 2.68. The zero-order valence-corrected chi connectivity index (χ0v) is 63.5. The molecule has 12 aromatic carbocycles. The number of benzene rings is 12. The molecule has 4 saturated carbocycles. The molecule has 0 saturated heterocycles. The van der Waals surface area contributed by atoms with Crippen LogP contribution >= 0.6 is 0 Å². The summed E-state index contributed by atoms with van der Waals surface area (Å²) in [7, 11) is 0. The smallest absolute Gasteiger partial charge is 0.0520 e. The number of hydrogen-bond donors (Lipinski definition) is 0. The van der Waals surface area contributed by atoms with Gasteiger partial charge in [-0.2, -0.15) is 0 Å². The van der Waals surface area contributed by atoms with Crippen molar-refractivity contribution in [2.45, 2.75) is 204 Å². The molecule has 4 nitrogen and oxygen atoms in total. The summed E-state index contributed by atoms with van der Waals surface area (Å²) in [5.74, 6) is 2.53. The summed E-state index contributed by atoms with van der Waals surface area (Å²) in [6.45, 7) is 30.8. The van der Waals surface area contributed by atoms with Crippen LogP contribution in [0.2, 0.25) is 0 Å². The summed E-state index contributed by atoms with van der Waals surface area (Å²) in [6, 6.07) is 91.8. The number of fused-ring (bicyclic) bond motifs is 12. The Labute approximate surface area is 618 Å². The summed E-state index contributed by atoms with van der Waals surface area (Å²) in [4.78, 5) is 11.0. The molecule has 20 rings (SSSR count). The van der Waals surface area contributed by atoms with E-state index in [-0.39, 0.29) is 43.8 Å². The molecule has 0 aromatic heterocycles. The average Bonchev–Trinajstić information content (AvgIpc) is 1.31. The fourth-order valence-corrected chi connectivity index (χ4v) is 24.7. The van der Waals surface area contributed by atoms with Crippen LogP contribution in [0, 0.1) is 23.7 Å². The lowest BCUT2D eigenvalue weighted by molar-refractivity contribution is 0.154. The highest BCUT2D eigenvalue weighted by molar-refractivity contribution is 6.32. The second-order valence-electron chi connectivity index (χ2n) is 36.4. The van der Waals surface area contributed by atoms with Gasteiger partial charge in [-0.05, 0) is 337 Å². The van der Waals surface area contributed by atoms with Crippen LogP contribution in [-0.2, 0) is 21.7 Å². The van der Waals surface area contributed by atoms with Crippen molar-refractivity contribution in [1.82, 2.24) is 0 Å². The molecule has 0 amide bonds. The Bertz CT molecular complexity index is 4820. The van der Waals surface area contributed by atoms with Gasteiger partial charge in [0.05, 0.1) is 22.2 Å². The first-order valence-electron chi connectivity index (χ1n) is 39.9. The number of nitrogens with zero attached hydrogens (tertiary/aromatic N) is 4. The van der Waals surface area contributed by atoms with Gasteiger partial charge < -0.3 is 19.6 Å². The standard InChI is InChI=1S/C100H102N4/c1-63-45-49-93(5)83-53-67(33-41-87(83)101(97(93,9)59-63)71-25-17-13-18-26-71)79-57-80(68-34-42-88-84(54-68)94(6)50-46-64(2)60-98(94,10)102(88)72-27-19-14-20-28-72)76-39-40-78-82(70-36-44-90-86(56-70)96(8)52-48-66(4)62-100(96,12)104(90)74-31-23-16-24-32-74)58-81(77-38-37-75(79)91(76)92(77)78)69-35-43-89-85(55-69)95(7)51-47-65(3)61-99(95,11)103(89)73-29-21-15-22-30-73/h13-44,53-58,63-66H,45-52,59-62H2,1-12H3. The fourth-order valence-electron chi connectivity index (χ4n) is 24.7. The molecule has 0 bridgehead atoms. The summed E-state index contributed by atoms with van der Waals surface area (Å²) in [5.41, 5.74) is 26.4. The van der Waals surface area contributed by atoms with Gasteiger partial charge in [-0.25, -0.2) is 0 Å². The molecule has 4 fully saturated rings. The molecular weight excluding hydrogens is 1260 g/mol. The van der Waals surface area contributed by atoms with E-state index in [1.54, 1.807) is 0 Å². The van der Waals surface area contributed by atoms with Crippen molar-refractivity contribution in [3.8, 4) is 44.5 Å². The fraction of sp³-hybridized carbons (Fsp3) is 0.360. The minimum atomic E-state index is -0.0984. The Kier molecular flexibility index (Phi) is 13.8. The molecule has 4 heterocycles. The Morgan fingerprint density at radius 3 is 0.673 bits per heavy atom. The predicted octanol–water partition coefficient (Wildman–Crippen LogP) is 27.2. The molecule has 4 aliphatic heterocycles. The summed E-state index contributed by atoms with van der Waals surface area (Å²) in [6.07, 6.45) is 14.1. The Morgan fingerprint density at radius 1 is 0.250 bits per heavy atom. The molecule has 12 unspecified atom stereocenters. The van der Waals surface area contributed by atoms with Gasteiger partial charge in [-0.3, -0.25) is 0 Å². The van der Waals surface area contributed by atoms with Crippen LogP contribution in [0.5, 0.6) is 0 Å². The lowest BCUT2D eigenvalue weighted by atomic mass is 9.59. The normalized spacial score (nSPS) is 30.8. The van der Waals surface area contributed by atoms with Gasteiger partial charge in [-0.15, -0.1) is 0 Å². The van der Waals surface area contributed by atoms with E-state index >= 15 is 0 Å². The number of hydrogen-bond acceptors (Lipinski definition) is 4. The molecule has 0 radical (unpaired) electrons. The number of para-hydroxylation sites is 4. The van der Waals surface area contributed by atoms with E-state index in [0.29, 0.717) is 23.7 Å². The molecule has 522 valence electrons. The van der Waals surface area contributed by atoms with Gasteiger partial charge >= 0.3 is 0 Å². The van der Waals surface area contributed by atoms with E-state index in [4.69, 9.17) is 0 Å². The maximum absolute atomic E-state index is 2.76. The maximum Gasteiger partial charge on any atom is 0.0520 e. The van der Waals surface area contributed by atoms with Crippen LogP contribution in [0.4, 0.5) is 45.5 Å². The minimum absolute atomic E-state index is 0.0714. The lowest BCUT2D eigenvalue weighted by Crippen LogP contribution is -2.56. The maximum atomic E-state index is 2.76. The summed E-state index contributed by atoms with van der Waals surface area (Å²) < 4.78 is 0. The van der Waals surface area contributed by atoms with Crippen LogP contribution in [0.1, 0.15) is 182 Å². The van der Waals surface area contributed by atoms with E-state index < -0.39 is 0 Å². The van der Waals surface area contributed by atoms with Crippen LogP contribution in [-0.4, -0.2) is 22.2 Å². The van der Waals surface area contributed by atoms with Crippen LogP contribution in [0.3, 0.4) is 0 Å². The predicted molar refractivity (Wildman–Crippen MR) is 441 cm³/mol. The van der Waals surface area contributed by atoms with Crippen LogP contribution in [0.25, 0.3) is 76.8 Å². The van der Waals surface area contributed by atoms with Gasteiger partial charge in [0.25, 0.3) is 0 Å². The summed E-state index contributed by atoms with van der Waals surface area (Å²) >= 11 is 0. The summed E-state index contributed by atoms with van der Waals surface area (Å²) in [5, 5.41) is 8.03. The van der Waals surface area contributed by atoms with Gasteiger partial charge in [-0.1, -0.05) is 177 Å². The SMILES string of the molecule is CC1CCC2(C)c3cc(-c4cc(-c5ccc6c(c5)C5(C)CCC(C)CC5(C)N6c5ccccc5)c5ccc6c(-c7ccc8c(c7)C7(C)CCC(C)CC7(C)N8c7ccccc7)cc(-c7ccc8c(c7)C7(C)CCC(C)CC7(C)N8c7ccccc7)c7ccc4c5c76)ccc3N(c3ccccc3)C2(C)C1. The van der Waals surface area contributed by atoms with E-state index in [9.17, 15) is 0 Å². The van der Waals surface area contributed by atoms with Gasteiger partial charge in [0.15, 0.2) is 0 Å². The van der Waals surface area contributed by atoms with Crippen molar-refractivity contribution < 1.29 is 0 Å². The van der Waals surface area contributed by atoms with Crippen molar-refractivity contribution >= 4 is 77.8 Å². The Balaban J connectivity index is 0.874. The van der Waals surface area contributed by atoms with Gasteiger partial charge in [0.2, 0.25) is 0 Å². The molecule has 12 aromatic rings. The lowest BCUT2D eigenvalue weighted by Gasteiger charge is -2.52. The van der Waals surface area contributed by atoms with E-state index in [0.717, 1.165) is 51.4 Å². The molecule has 0 spiro atoms. The first-order chi connectivity index (χ1) is 50.1. The zero-order valence-electron chi connectivity index (χ0n) is 63.5. The highest BCUT2D eigenvalue weighted by Gasteiger charge is 2.63. The third kappa shape index (κ3) is 8.44. The molecule has 4 aliphatic carbocycles. The van der Waals surface area contributed by atoms with Crippen molar-refractivity contribution in [3.63, 3.8) is 0 Å². The second-order valence-corrected chi connectivity index (χ2v) is 36.4. The largest absolute Gasteiger partial charge is 0.334 e. The van der Waals surface area contributed by atoms with E-state index in [1.807, 2.05) is 0 Å². The highest BCUT2D eigenvalue weighted by atomic mass is 15.3. The van der Waals surface area contributed by atoms with Crippen LogP contribution in [0.15, 0.2) is 231 Å². The van der Waals surface area contributed by atoms with Crippen molar-refractivity contribution in [1.29, 1.82) is 0 Å². The third-order valence-electron chi connectivity index (χ3n) is 30.8. The zero-order chi connectivity index (χ0) is 71.0. The Hall–Kier alpha value is -9.12. The second kappa shape index (κ2) is 22.2. The van der Waals surface area contributed by atoms with Gasteiger partial charge in [0, 0.05) is 67.2 Å². The molecule has 8 aliphatic rings. The first-order valence-corrected chi connectivity index (χ1v) is 39.9. The quantitative estimate of drug-likeness (QED) is 0.141.